The van der Waals surface area contributed by atoms with Gasteiger partial charge in [-0.2, -0.15) is 5.10 Å². The van der Waals surface area contributed by atoms with Gasteiger partial charge in [0.2, 0.25) is 6.79 Å². The average Bonchev–Trinajstić information content (AvgIpc) is 3.23. The van der Waals surface area contributed by atoms with Crippen LogP contribution in [-0.4, -0.2) is 22.5 Å². The number of amides is 1. The highest BCUT2D eigenvalue weighted by molar-refractivity contribution is 6.05. The second-order valence-corrected chi connectivity index (χ2v) is 6.32. The molecule has 1 aliphatic heterocycles. The SMILES string of the molecule is Cc1nn(Cc2ccccc2F)c(C)c1NC(=O)c1ccc2c(c1)OCO2. The van der Waals surface area contributed by atoms with E-state index in [0.717, 1.165) is 5.69 Å². The van der Waals surface area contributed by atoms with Gasteiger partial charge >= 0.3 is 0 Å². The van der Waals surface area contributed by atoms with Gasteiger partial charge in [0.25, 0.3) is 5.91 Å². The van der Waals surface area contributed by atoms with Crippen LogP contribution in [0.2, 0.25) is 0 Å². The van der Waals surface area contributed by atoms with E-state index < -0.39 is 0 Å². The first-order chi connectivity index (χ1) is 13.0. The van der Waals surface area contributed by atoms with E-state index in [1.54, 1.807) is 48.0 Å². The number of aromatic nitrogens is 2. The average molecular weight is 367 g/mol. The predicted molar refractivity (Wildman–Crippen MR) is 97.7 cm³/mol. The summed E-state index contributed by atoms with van der Waals surface area (Å²) in [5, 5.41) is 7.34. The summed E-state index contributed by atoms with van der Waals surface area (Å²) in [6, 6.07) is 11.6. The van der Waals surface area contributed by atoms with Gasteiger partial charge in [-0.15, -0.1) is 0 Å². The van der Waals surface area contributed by atoms with Crippen molar-refractivity contribution < 1.29 is 18.7 Å². The smallest absolute Gasteiger partial charge is 0.255 e. The molecule has 2 aromatic carbocycles. The molecule has 0 saturated heterocycles. The van der Waals surface area contributed by atoms with Crippen LogP contribution < -0.4 is 14.8 Å². The minimum absolute atomic E-state index is 0.154. The van der Waals surface area contributed by atoms with Crippen LogP contribution in [0.4, 0.5) is 10.1 Å². The number of fused-ring (bicyclic) bond motifs is 1. The minimum atomic E-state index is -0.281. The van der Waals surface area contributed by atoms with Gasteiger partial charge in [0.05, 0.1) is 23.6 Å². The first-order valence-corrected chi connectivity index (χ1v) is 8.51. The number of hydrogen-bond acceptors (Lipinski definition) is 4. The van der Waals surface area contributed by atoms with Crippen LogP contribution in [0.15, 0.2) is 42.5 Å². The van der Waals surface area contributed by atoms with Crippen LogP contribution in [0.3, 0.4) is 0 Å². The first kappa shape index (κ1) is 17.1. The molecule has 7 heteroatoms. The van der Waals surface area contributed by atoms with Crippen molar-refractivity contribution in [2.24, 2.45) is 0 Å². The Morgan fingerprint density at radius 1 is 1.19 bits per heavy atom. The molecule has 3 aromatic rings. The van der Waals surface area contributed by atoms with Crippen molar-refractivity contribution >= 4 is 11.6 Å². The maximum absolute atomic E-state index is 13.9. The maximum Gasteiger partial charge on any atom is 0.255 e. The maximum atomic E-state index is 13.9. The second kappa shape index (κ2) is 6.75. The zero-order valence-electron chi connectivity index (χ0n) is 15.0. The lowest BCUT2D eigenvalue weighted by Crippen LogP contribution is -2.13. The zero-order valence-corrected chi connectivity index (χ0v) is 15.0. The summed E-state index contributed by atoms with van der Waals surface area (Å²) in [5.74, 6) is 0.615. The number of rotatable bonds is 4. The van der Waals surface area contributed by atoms with Gasteiger partial charge in [0.15, 0.2) is 11.5 Å². The lowest BCUT2D eigenvalue weighted by Gasteiger charge is -2.08. The number of benzene rings is 2. The van der Waals surface area contributed by atoms with Crippen LogP contribution >= 0.6 is 0 Å². The Kier molecular flexibility index (Phi) is 4.27. The molecule has 138 valence electrons. The number of ether oxygens (including phenoxy) is 2. The molecule has 0 bridgehead atoms. The van der Waals surface area contributed by atoms with Crippen LogP contribution in [0.5, 0.6) is 11.5 Å². The number of carbonyl (C=O) groups is 1. The Bertz CT molecular complexity index is 1030. The molecule has 0 radical (unpaired) electrons. The molecule has 0 unspecified atom stereocenters. The molecule has 2 heterocycles. The quantitative estimate of drug-likeness (QED) is 0.764. The van der Waals surface area contributed by atoms with Gasteiger partial charge in [-0.25, -0.2) is 4.39 Å². The van der Waals surface area contributed by atoms with E-state index in [1.807, 2.05) is 6.92 Å². The molecule has 1 N–H and O–H groups in total. The molecule has 0 atom stereocenters. The van der Waals surface area contributed by atoms with Gasteiger partial charge in [0.1, 0.15) is 5.82 Å². The van der Waals surface area contributed by atoms with Gasteiger partial charge in [-0.1, -0.05) is 18.2 Å². The van der Waals surface area contributed by atoms with Gasteiger partial charge in [0, 0.05) is 11.1 Å². The van der Waals surface area contributed by atoms with Crippen molar-refractivity contribution in [3.8, 4) is 11.5 Å². The van der Waals surface area contributed by atoms with Crippen molar-refractivity contribution in [1.29, 1.82) is 0 Å². The Morgan fingerprint density at radius 2 is 1.96 bits per heavy atom. The van der Waals surface area contributed by atoms with E-state index in [-0.39, 0.29) is 18.5 Å². The van der Waals surface area contributed by atoms with Gasteiger partial charge < -0.3 is 14.8 Å². The summed E-state index contributed by atoms with van der Waals surface area (Å²) < 4.78 is 26.2. The first-order valence-electron chi connectivity index (χ1n) is 8.51. The molecule has 1 amide bonds. The summed E-state index contributed by atoms with van der Waals surface area (Å²) in [7, 11) is 0. The van der Waals surface area contributed by atoms with Crippen molar-refractivity contribution in [2.75, 3.05) is 12.1 Å². The number of anilines is 1. The van der Waals surface area contributed by atoms with E-state index in [9.17, 15) is 9.18 Å². The molecule has 0 fully saturated rings. The number of aryl methyl sites for hydroxylation is 1. The summed E-state index contributed by atoms with van der Waals surface area (Å²) in [6.45, 7) is 4.09. The number of nitrogens with one attached hydrogen (secondary N) is 1. The molecule has 27 heavy (non-hydrogen) atoms. The monoisotopic (exact) mass is 367 g/mol. The van der Waals surface area contributed by atoms with E-state index >= 15 is 0 Å². The highest BCUT2D eigenvalue weighted by atomic mass is 19.1. The highest BCUT2D eigenvalue weighted by Gasteiger charge is 2.19. The van der Waals surface area contributed by atoms with E-state index in [4.69, 9.17) is 9.47 Å². The normalized spacial score (nSPS) is 12.3. The van der Waals surface area contributed by atoms with Crippen molar-refractivity contribution in [3.63, 3.8) is 0 Å². The lowest BCUT2D eigenvalue weighted by atomic mass is 10.1. The second-order valence-electron chi connectivity index (χ2n) is 6.32. The largest absolute Gasteiger partial charge is 0.454 e. The third-order valence-electron chi connectivity index (χ3n) is 4.53. The van der Waals surface area contributed by atoms with Gasteiger partial charge in [-0.05, 0) is 38.1 Å². The third-order valence-corrected chi connectivity index (χ3v) is 4.53. The number of halogens is 1. The predicted octanol–water partition coefficient (Wildman–Crippen LogP) is 3.67. The van der Waals surface area contributed by atoms with Crippen LogP contribution in [-0.2, 0) is 6.54 Å². The molecule has 0 aliphatic carbocycles. The van der Waals surface area contributed by atoms with Crippen LogP contribution in [0.25, 0.3) is 0 Å². The third kappa shape index (κ3) is 3.23. The molecule has 0 spiro atoms. The van der Waals surface area contributed by atoms with Gasteiger partial charge in [-0.3, -0.25) is 9.48 Å². The Hall–Kier alpha value is -3.35. The van der Waals surface area contributed by atoms with E-state index in [1.165, 1.54) is 6.07 Å². The fourth-order valence-corrected chi connectivity index (χ4v) is 3.04. The van der Waals surface area contributed by atoms with Crippen LogP contribution in [0, 0.1) is 19.7 Å². The van der Waals surface area contributed by atoms with Crippen LogP contribution in [0.1, 0.15) is 27.3 Å². The summed E-state index contributed by atoms with van der Waals surface area (Å²) in [5.41, 5.74) is 3.04. The molecular weight excluding hydrogens is 349 g/mol. The number of carbonyl (C=O) groups excluding carboxylic acids is 1. The minimum Gasteiger partial charge on any atom is -0.454 e. The Balaban J connectivity index is 1.56. The summed E-state index contributed by atoms with van der Waals surface area (Å²) in [6.07, 6.45) is 0. The molecule has 4 rings (SSSR count). The van der Waals surface area contributed by atoms with Crippen molar-refractivity contribution in [2.45, 2.75) is 20.4 Å². The van der Waals surface area contributed by atoms with Crippen molar-refractivity contribution in [3.05, 3.63) is 70.8 Å². The molecular formula is C20H18FN3O3. The lowest BCUT2D eigenvalue weighted by molar-refractivity contribution is 0.102. The fourth-order valence-electron chi connectivity index (χ4n) is 3.04. The zero-order chi connectivity index (χ0) is 19.0. The molecule has 6 nitrogen and oxygen atoms in total. The highest BCUT2D eigenvalue weighted by Crippen LogP contribution is 2.33. The van der Waals surface area contributed by atoms with E-state index in [2.05, 4.69) is 10.4 Å². The molecule has 1 aliphatic rings. The number of nitrogens with zero attached hydrogens (tertiary/aromatic N) is 2. The Labute approximate surface area is 155 Å². The molecule has 1 aromatic heterocycles. The Morgan fingerprint density at radius 3 is 2.78 bits per heavy atom. The summed E-state index contributed by atoms with van der Waals surface area (Å²) in [4.78, 5) is 12.6. The molecule has 0 saturated carbocycles. The standard InChI is InChI=1S/C20H18FN3O3/c1-12-19(13(2)24(23-12)10-15-5-3-4-6-16(15)21)22-20(25)14-7-8-17-18(9-14)27-11-26-17/h3-9H,10-11H2,1-2H3,(H,22,25). The fraction of sp³-hybridized carbons (Fsp3) is 0.200. The van der Waals surface area contributed by atoms with Crippen molar-refractivity contribution in [1.82, 2.24) is 9.78 Å². The van der Waals surface area contributed by atoms with E-state index in [0.29, 0.717) is 40.6 Å². The number of hydrogen-bond donors (Lipinski definition) is 1. The summed E-state index contributed by atoms with van der Waals surface area (Å²) >= 11 is 0. The topological polar surface area (TPSA) is 65.4 Å².